The molecule has 20 heavy (non-hydrogen) atoms. The zero-order valence-corrected chi connectivity index (χ0v) is 14.7. The molecule has 2 rings (SSSR count). The smallest absolute Gasteiger partial charge is 0.0449 e. The van der Waals surface area contributed by atoms with Crippen molar-refractivity contribution in [2.24, 2.45) is 5.73 Å². The van der Waals surface area contributed by atoms with E-state index in [4.69, 9.17) is 17.3 Å². The highest BCUT2D eigenvalue weighted by Crippen LogP contribution is 2.28. The summed E-state index contributed by atoms with van der Waals surface area (Å²) >= 11 is 9.75. The molecular weight excluding hydrogens is 336 g/mol. The van der Waals surface area contributed by atoms with Gasteiger partial charge in [-0.15, -0.1) is 0 Å². The average Bonchev–Trinajstić information content (AvgIpc) is 2.42. The van der Waals surface area contributed by atoms with Gasteiger partial charge >= 0.3 is 0 Å². The van der Waals surface area contributed by atoms with Crippen molar-refractivity contribution in [1.82, 2.24) is 4.90 Å². The lowest BCUT2D eigenvalue weighted by Crippen LogP contribution is -2.58. The molecular formula is C16H24BrClN2. The Bertz CT molecular complexity index is 456. The van der Waals surface area contributed by atoms with E-state index in [-0.39, 0.29) is 11.6 Å². The van der Waals surface area contributed by atoms with E-state index in [0.29, 0.717) is 0 Å². The van der Waals surface area contributed by atoms with Crippen LogP contribution >= 0.6 is 27.5 Å². The van der Waals surface area contributed by atoms with Crippen LogP contribution in [0.4, 0.5) is 0 Å². The van der Waals surface area contributed by atoms with Crippen molar-refractivity contribution in [2.75, 3.05) is 13.1 Å². The van der Waals surface area contributed by atoms with Gasteiger partial charge in [-0.2, -0.15) is 0 Å². The molecule has 1 heterocycles. The molecule has 1 aromatic rings. The Hall–Kier alpha value is -0.0900. The van der Waals surface area contributed by atoms with Crippen molar-refractivity contribution in [1.29, 1.82) is 0 Å². The van der Waals surface area contributed by atoms with Gasteiger partial charge in [-0.1, -0.05) is 40.0 Å². The Morgan fingerprint density at radius 3 is 2.55 bits per heavy atom. The zero-order chi connectivity index (χ0) is 14.8. The summed E-state index contributed by atoms with van der Waals surface area (Å²) in [6.45, 7) is 6.84. The topological polar surface area (TPSA) is 29.3 Å². The molecule has 0 bridgehead atoms. The summed E-state index contributed by atoms with van der Waals surface area (Å²) in [5.74, 6) is 0. The molecule has 2 N–H and O–H groups in total. The van der Waals surface area contributed by atoms with E-state index >= 15 is 0 Å². The van der Waals surface area contributed by atoms with E-state index in [1.165, 1.54) is 19.3 Å². The van der Waals surface area contributed by atoms with Crippen molar-refractivity contribution >= 4 is 27.5 Å². The Morgan fingerprint density at radius 2 is 1.95 bits per heavy atom. The van der Waals surface area contributed by atoms with Gasteiger partial charge in [0.05, 0.1) is 0 Å². The predicted octanol–water partition coefficient (Wildman–Crippen LogP) is 4.24. The maximum Gasteiger partial charge on any atom is 0.0449 e. The maximum atomic E-state index is 6.51. The van der Waals surface area contributed by atoms with Crippen LogP contribution in [0.15, 0.2) is 22.7 Å². The zero-order valence-electron chi connectivity index (χ0n) is 12.3. The summed E-state index contributed by atoms with van der Waals surface area (Å²) in [6, 6.07) is 6.12. The van der Waals surface area contributed by atoms with Crippen molar-refractivity contribution in [3.8, 4) is 0 Å². The van der Waals surface area contributed by atoms with E-state index in [1.807, 2.05) is 12.1 Å². The maximum absolute atomic E-state index is 6.51. The van der Waals surface area contributed by atoms with Crippen LogP contribution in [0.3, 0.4) is 0 Å². The second kappa shape index (κ2) is 6.78. The summed E-state index contributed by atoms with van der Waals surface area (Å²) in [6.07, 6.45) is 4.74. The van der Waals surface area contributed by atoms with Gasteiger partial charge in [0.15, 0.2) is 0 Å². The predicted molar refractivity (Wildman–Crippen MR) is 90.3 cm³/mol. The molecule has 0 spiro atoms. The molecule has 4 heteroatoms. The number of nitrogens with zero attached hydrogens (tertiary/aromatic N) is 1. The fourth-order valence-corrected chi connectivity index (χ4v) is 3.63. The number of likely N-dealkylation sites (tertiary alicyclic amines) is 1. The highest BCUT2D eigenvalue weighted by atomic mass is 79.9. The largest absolute Gasteiger partial charge is 0.326 e. The SMILES string of the molecule is CC(C)(C(N)Cc1ccc(Br)cc1Cl)N1CCCCC1. The van der Waals surface area contributed by atoms with Gasteiger partial charge in [-0.25, -0.2) is 0 Å². The molecule has 1 aromatic carbocycles. The van der Waals surface area contributed by atoms with Crippen molar-refractivity contribution < 1.29 is 0 Å². The second-order valence-corrected chi connectivity index (χ2v) is 7.57. The van der Waals surface area contributed by atoms with Crippen LogP contribution < -0.4 is 5.73 Å². The highest BCUT2D eigenvalue weighted by molar-refractivity contribution is 9.10. The van der Waals surface area contributed by atoms with Gasteiger partial charge in [0, 0.05) is 21.1 Å². The number of nitrogens with two attached hydrogens (primary N) is 1. The first kappa shape index (κ1) is 16.3. The number of rotatable bonds is 4. The summed E-state index contributed by atoms with van der Waals surface area (Å²) in [5.41, 5.74) is 7.65. The first-order valence-corrected chi connectivity index (χ1v) is 8.53. The summed E-state index contributed by atoms with van der Waals surface area (Å²) < 4.78 is 1.01. The summed E-state index contributed by atoms with van der Waals surface area (Å²) in [7, 11) is 0. The quantitative estimate of drug-likeness (QED) is 0.871. The van der Waals surface area contributed by atoms with Crippen LogP contribution in [0.25, 0.3) is 0 Å². The lowest BCUT2D eigenvalue weighted by atomic mass is 9.87. The van der Waals surface area contributed by atoms with Gasteiger partial charge in [-0.05, 0) is 63.9 Å². The minimum Gasteiger partial charge on any atom is -0.326 e. The van der Waals surface area contributed by atoms with E-state index in [9.17, 15) is 0 Å². The molecule has 0 saturated carbocycles. The Balaban J connectivity index is 2.07. The molecule has 0 amide bonds. The van der Waals surface area contributed by atoms with Crippen LogP contribution in [-0.2, 0) is 6.42 Å². The molecule has 1 saturated heterocycles. The molecule has 0 radical (unpaired) electrons. The molecule has 1 aliphatic rings. The lowest BCUT2D eigenvalue weighted by molar-refractivity contribution is 0.0731. The fourth-order valence-electron chi connectivity index (χ4n) is 2.88. The fraction of sp³-hybridized carbons (Fsp3) is 0.625. The van der Waals surface area contributed by atoms with Gasteiger partial charge in [-0.3, -0.25) is 4.90 Å². The Morgan fingerprint density at radius 1 is 1.30 bits per heavy atom. The molecule has 1 aliphatic heterocycles. The Labute approximate surface area is 135 Å². The monoisotopic (exact) mass is 358 g/mol. The molecule has 112 valence electrons. The molecule has 2 nitrogen and oxygen atoms in total. The molecule has 0 aliphatic carbocycles. The van der Waals surface area contributed by atoms with Crippen LogP contribution in [0, 0.1) is 0 Å². The van der Waals surface area contributed by atoms with E-state index in [2.05, 4.69) is 40.7 Å². The van der Waals surface area contributed by atoms with E-state index in [1.54, 1.807) is 0 Å². The number of piperidine rings is 1. The first-order valence-electron chi connectivity index (χ1n) is 7.36. The van der Waals surface area contributed by atoms with Gasteiger partial charge in [0.2, 0.25) is 0 Å². The van der Waals surface area contributed by atoms with Crippen molar-refractivity contribution in [3.05, 3.63) is 33.3 Å². The third-order valence-electron chi connectivity index (χ3n) is 4.53. The van der Waals surface area contributed by atoms with Crippen LogP contribution in [0.2, 0.25) is 5.02 Å². The molecule has 1 fully saturated rings. The average molecular weight is 360 g/mol. The normalized spacial score (nSPS) is 19.1. The summed E-state index contributed by atoms with van der Waals surface area (Å²) in [5, 5.41) is 0.796. The molecule has 1 atom stereocenters. The van der Waals surface area contributed by atoms with Gasteiger partial charge < -0.3 is 5.73 Å². The number of hydrogen-bond acceptors (Lipinski definition) is 2. The van der Waals surface area contributed by atoms with Gasteiger partial charge in [0.1, 0.15) is 0 Å². The Kier molecular flexibility index (Phi) is 5.52. The van der Waals surface area contributed by atoms with Gasteiger partial charge in [0.25, 0.3) is 0 Å². The highest BCUT2D eigenvalue weighted by Gasteiger charge is 2.34. The first-order chi connectivity index (χ1) is 9.41. The van der Waals surface area contributed by atoms with Crippen molar-refractivity contribution in [2.45, 2.75) is 51.1 Å². The molecule has 0 aromatic heterocycles. The third-order valence-corrected chi connectivity index (χ3v) is 5.38. The van der Waals surface area contributed by atoms with Crippen LogP contribution in [0.5, 0.6) is 0 Å². The molecule has 1 unspecified atom stereocenters. The minimum atomic E-state index is 0.0107. The van der Waals surface area contributed by atoms with E-state index in [0.717, 1.165) is 34.6 Å². The standard InChI is InChI=1S/C16H24BrClN2/c1-16(2,20-8-4-3-5-9-20)15(19)10-12-6-7-13(17)11-14(12)18/h6-7,11,15H,3-5,8-10,19H2,1-2H3. The number of benzene rings is 1. The minimum absolute atomic E-state index is 0.0107. The van der Waals surface area contributed by atoms with Crippen molar-refractivity contribution in [3.63, 3.8) is 0 Å². The van der Waals surface area contributed by atoms with Crippen LogP contribution in [0.1, 0.15) is 38.7 Å². The third kappa shape index (κ3) is 3.76. The summed E-state index contributed by atoms with van der Waals surface area (Å²) in [4.78, 5) is 2.54. The number of halogens is 2. The number of hydrogen-bond donors (Lipinski definition) is 1. The van der Waals surface area contributed by atoms with Crippen LogP contribution in [-0.4, -0.2) is 29.6 Å². The van der Waals surface area contributed by atoms with E-state index < -0.39 is 0 Å². The lowest BCUT2D eigenvalue weighted by Gasteiger charge is -2.44. The second-order valence-electron chi connectivity index (χ2n) is 6.25.